The number of benzene rings is 2. The zero-order valence-electron chi connectivity index (χ0n) is 21.8. The maximum Gasteiger partial charge on any atom is 0.306 e. The molecule has 192 valence electrons. The van der Waals surface area contributed by atoms with Crippen LogP contribution in [0.5, 0.6) is 11.6 Å². The smallest absolute Gasteiger partial charge is 0.306 e. The number of nitrogens with zero attached hydrogens (tertiary/aromatic N) is 3. The Hall–Kier alpha value is -3.89. The number of aromatic nitrogens is 1. The van der Waals surface area contributed by atoms with Gasteiger partial charge in [-0.3, -0.25) is 4.79 Å². The molecule has 0 spiro atoms. The molecule has 1 aliphatic rings. The molecule has 0 saturated heterocycles. The van der Waals surface area contributed by atoms with Gasteiger partial charge >= 0.3 is 5.97 Å². The molecule has 37 heavy (non-hydrogen) atoms. The van der Waals surface area contributed by atoms with Crippen LogP contribution in [0, 0.1) is 17.2 Å². The van der Waals surface area contributed by atoms with Crippen LogP contribution in [0.3, 0.4) is 0 Å². The Kier molecular flexibility index (Phi) is 8.10. The van der Waals surface area contributed by atoms with E-state index in [9.17, 15) is 15.2 Å². The summed E-state index contributed by atoms with van der Waals surface area (Å²) in [7, 11) is 3.64. The summed E-state index contributed by atoms with van der Waals surface area (Å²) in [4.78, 5) is 17.7. The lowest BCUT2D eigenvalue weighted by Crippen LogP contribution is -2.19. The monoisotopic (exact) mass is 499 g/mol. The van der Waals surface area contributed by atoms with Crippen LogP contribution in [-0.2, 0) is 24.2 Å². The lowest BCUT2D eigenvalue weighted by molar-refractivity contribution is -0.141. The fourth-order valence-corrected chi connectivity index (χ4v) is 4.69. The van der Waals surface area contributed by atoms with E-state index in [-0.39, 0.29) is 6.10 Å². The van der Waals surface area contributed by atoms with Gasteiger partial charge in [0.2, 0.25) is 5.88 Å². The predicted molar refractivity (Wildman–Crippen MR) is 142 cm³/mol. The number of aliphatic carboxylic acids is 1. The summed E-state index contributed by atoms with van der Waals surface area (Å²) in [5, 5.41) is 19.0. The van der Waals surface area contributed by atoms with Crippen molar-refractivity contribution in [2.75, 3.05) is 20.7 Å². The van der Waals surface area contributed by atoms with Crippen LogP contribution in [0.25, 0.3) is 11.1 Å². The van der Waals surface area contributed by atoms with Crippen molar-refractivity contribution in [3.05, 3.63) is 76.5 Å². The molecule has 1 aliphatic heterocycles. The summed E-state index contributed by atoms with van der Waals surface area (Å²) >= 11 is 0. The molecule has 0 amide bonds. The number of ether oxygens (including phenoxy) is 2. The fraction of sp³-hybridized carbons (Fsp3) is 0.367. The van der Waals surface area contributed by atoms with E-state index in [1.807, 2.05) is 18.2 Å². The Morgan fingerprint density at radius 2 is 2.08 bits per heavy atom. The summed E-state index contributed by atoms with van der Waals surface area (Å²) in [5.41, 5.74) is 6.57. The summed E-state index contributed by atoms with van der Waals surface area (Å²) in [6, 6.07) is 16.4. The average molecular weight is 500 g/mol. The number of carboxylic acids is 1. The van der Waals surface area contributed by atoms with E-state index in [0.717, 1.165) is 65.1 Å². The van der Waals surface area contributed by atoms with Gasteiger partial charge in [0.15, 0.2) is 0 Å². The third-order valence-electron chi connectivity index (χ3n) is 7.02. The van der Waals surface area contributed by atoms with Gasteiger partial charge in [0.25, 0.3) is 0 Å². The van der Waals surface area contributed by atoms with Gasteiger partial charge in [0, 0.05) is 24.4 Å². The first-order valence-electron chi connectivity index (χ1n) is 12.6. The van der Waals surface area contributed by atoms with E-state index < -0.39 is 11.9 Å². The van der Waals surface area contributed by atoms with Crippen molar-refractivity contribution in [2.24, 2.45) is 5.92 Å². The number of nitriles is 1. The normalized spacial score (nSPS) is 15.4. The summed E-state index contributed by atoms with van der Waals surface area (Å²) in [6.45, 7) is 5.44. The third kappa shape index (κ3) is 5.92. The molecule has 0 radical (unpaired) electrons. The molecule has 2 aromatic carbocycles. The number of pyridine rings is 1. The third-order valence-corrected chi connectivity index (χ3v) is 7.02. The number of hydrogen-bond acceptors (Lipinski definition) is 6. The van der Waals surface area contributed by atoms with Gasteiger partial charge in [-0.15, -0.1) is 0 Å². The number of aryl methyl sites for hydroxylation is 1. The van der Waals surface area contributed by atoms with Crippen LogP contribution >= 0.6 is 0 Å². The zero-order valence-corrected chi connectivity index (χ0v) is 21.8. The molecule has 0 fully saturated rings. The SMILES string of the molecule is CCN(C)Cc1cc(C2CCc3ccc(C[C@H](C)C(=O)O)cc3O2)ccc1-c1cc(OC)ncc1C#N. The van der Waals surface area contributed by atoms with Crippen LogP contribution in [0.1, 0.15) is 54.2 Å². The number of rotatable bonds is 9. The van der Waals surface area contributed by atoms with Crippen LogP contribution < -0.4 is 9.47 Å². The van der Waals surface area contributed by atoms with Crippen molar-refractivity contribution in [1.82, 2.24) is 9.88 Å². The lowest BCUT2D eigenvalue weighted by atomic mass is 9.90. The first kappa shape index (κ1) is 26.2. The first-order valence-corrected chi connectivity index (χ1v) is 12.6. The molecule has 0 bridgehead atoms. The standard InChI is InChI=1S/C30H33N3O4/c1-5-33(3)18-23-14-22(8-10-25(23)26-15-29(36-4)32-17-24(26)16-31)27-11-9-21-7-6-20(13-28(21)37-27)12-19(2)30(34)35/h6-8,10,13-15,17,19,27H,5,9,11-12,18H2,1-4H3,(H,34,35)/t19-,27?/m0/s1. The molecular formula is C30H33N3O4. The molecule has 2 atom stereocenters. The van der Waals surface area contributed by atoms with E-state index >= 15 is 0 Å². The fourth-order valence-electron chi connectivity index (χ4n) is 4.69. The highest BCUT2D eigenvalue weighted by Gasteiger charge is 2.24. The highest BCUT2D eigenvalue weighted by molar-refractivity contribution is 5.74. The number of methoxy groups -OCH3 is 1. The van der Waals surface area contributed by atoms with E-state index in [1.54, 1.807) is 20.2 Å². The van der Waals surface area contributed by atoms with Crippen LogP contribution in [0.4, 0.5) is 0 Å². The van der Waals surface area contributed by atoms with Crippen molar-refractivity contribution in [1.29, 1.82) is 5.26 Å². The van der Waals surface area contributed by atoms with Gasteiger partial charge in [-0.1, -0.05) is 44.2 Å². The van der Waals surface area contributed by atoms with E-state index in [4.69, 9.17) is 9.47 Å². The molecule has 1 unspecified atom stereocenters. The van der Waals surface area contributed by atoms with Gasteiger partial charge in [-0.05, 0) is 66.7 Å². The van der Waals surface area contributed by atoms with Crippen LogP contribution in [0.15, 0.2) is 48.7 Å². The van der Waals surface area contributed by atoms with Crippen LogP contribution in [-0.4, -0.2) is 41.7 Å². The molecule has 0 aliphatic carbocycles. The van der Waals surface area contributed by atoms with E-state index in [0.29, 0.717) is 17.9 Å². The quantitative estimate of drug-likeness (QED) is 0.420. The van der Waals surface area contributed by atoms with E-state index in [2.05, 4.69) is 54.2 Å². The molecule has 1 N–H and O–H groups in total. The van der Waals surface area contributed by atoms with E-state index in [1.165, 1.54) is 0 Å². The number of hydrogen-bond donors (Lipinski definition) is 1. The zero-order chi connectivity index (χ0) is 26.5. The second-order valence-corrected chi connectivity index (χ2v) is 9.66. The van der Waals surface area contributed by atoms with Crippen LogP contribution in [0.2, 0.25) is 0 Å². The predicted octanol–water partition coefficient (Wildman–Crippen LogP) is 5.41. The molecule has 7 nitrogen and oxygen atoms in total. The second-order valence-electron chi connectivity index (χ2n) is 9.66. The topological polar surface area (TPSA) is 95.7 Å². The molecule has 3 aromatic rings. The number of carboxylic acid groups (broad SMARTS) is 1. The van der Waals surface area contributed by atoms with Gasteiger partial charge < -0.3 is 19.5 Å². The van der Waals surface area contributed by atoms with Crippen molar-refractivity contribution in [3.63, 3.8) is 0 Å². The molecular weight excluding hydrogens is 466 g/mol. The highest BCUT2D eigenvalue weighted by atomic mass is 16.5. The minimum atomic E-state index is -0.799. The van der Waals surface area contributed by atoms with Gasteiger partial charge in [-0.25, -0.2) is 4.98 Å². The Morgan fingerprint density at radius 1 is 1.27 bits per heavy atom. The number of carbonyl (C=O) groups is 1. The van der Waals surface area contributed by atoms with Gasteiger partial charge in [-0.2, -0.15) is 5.26 Å². The number of fused-ring (bicyclic) bond motifs is 1. The Balaban J connectivity index is 1.68. The van der Waals surface area contributed by atoms with Gasteiger partial charge in [0.1, 0.15) is 17.9 Å². The highest BCUT2D eigenvalue weighted by Crippen LogP contribution is 2.38. The Bertz CT molecular complexity index is 1330. The lowest BCUT2D eigenvalue weighted by Gasteiger charge is -2.28. The summed E-state index contributed by atoms with van der Waals surface area (Å²) in [5.74, 6) is 0.0437. The maximum absolute atomic E-state index is 11.3. The largest absolute Gasteiger partial charge is 0.485 e. The molecule has 7 heteroatoms. The Labute approximate surface area is 218 Å². The minimum absolute atomic E-state index is 0.109. The summed E-state index contributed by atoms with van der Waals surface area (Å²) in [6.07, 6.45) is 3.66. The molecule has 2 heterocycles. The molecule has 1 aromatic heterocycles. The van der Waals surface area contributed by atoms with Gasteiger partial charge in [0.05, 0.1) is 18.6 Å². The van der Waals surface area contributed by atoms with Crippen molar-refractivity contribution >= 4 is 5.97 Å². The maximum atomic E-state index is 11.3. The second kappa shape index (κ2) is 11.4. The van der Waals surface area contributed by atoms with Crippen molar-refractivity contribution in [2.45, 2.75) is 45.8 Å². The first-order chi connectivity index (χ1) is 17.8. The van der Waals surface area contributed by atoms with Crippen molar-refractivity contribution < 1.29 is 19.4 Å². The average Bonchev–Trinajstić information content (AvgIpc) is 2.92. The minimum Gasteiger partial charge on any atom is -0.485 e. The molecule has 0 saturated carbocycles. The van der Waals surface area contributed by atoms with Crippen molar-refractivity contribution in [3.8, 4) is 28.8 Å². The Morgan fingerprint density at radius 3 is 2.78 bits per heavy atom. The summed E-state index contributed by atoms with van der Waals surface area (Å²) < 4.78 is 11.8. The molecule has 4 rings (SSSR count).